The van der Waals surface area contributed by atoms with E-state index in [1.165, 1.54) is 16.9 Å². The number of nitrogen functional groups attached to an aromatic ring is 1. The van der Waals surface area contributed by atoms with Gasteiger partial charge in [0.15, 0.2) is 4.34 Å². The second kappa shape index (κ2) is 4.61. The second-order valence-corrected chi connectivity index (χ2v) is 6.98. The van der Waals surface area contributed by atoms with E-state index < -0.39 is 0 Å². The molecule has 0 atom stereocenters. The standard InChI is InChI=1S/C7H6BrN3S3/c8-5-1-4(2-12-5)3-13-7-11-10-6(9)14-7/h1-2H,3H2,(H2,9,10). The molecule has 2 heterocycles. The van der Waals surface area contributed by atoms with E-state index >= 15 is 0 Å². The molecule has 0 fully saturated rings. The summed E-state index contributed by atoms with van der Waals surface area (Å²) in [5, 5.41) is 10.3. The number of nitrogens with two attached hydrogens (primary N) is 1. The van der Waals surface area contributed by atoms with Crippen LogP contribution in [-0.4, -0.2) is 10.2 Å². The summed E-state index contributed by atoms with van der Waals surface area (Å²) in [6.07, 6.45) is 0. The van der Waals surface area contributed by atoms with E-state index in [2.05, 4.69) is 37.6 Å². The second-order valence-electron chi connectivity index (χ2n) is 2.45. The first-order valence-corrected chi connectivity index (χ1v) is 7.16. The summed E-state index contributed by atoms with van der Waals surface area (Å²) in [6, 6.07) is 2.11. The van der Waals surface area contributed by atoms with Crippen molar-refractivity contribution in [3.8, 4) is 0 Å². The molecule has 0 spiro atoms. The zero-order valence-corrected chi connectivity index (χ0v) is 11.0. The van der Waals surface area contributed by atoms with E-state index in [4.69, 9.17) is 5.73 Å². The van der Waals surface area contributed by atoms with Gasteiger partial charge < -0.3 is 5.73 Å². The van der Waals surface area contributed by atoms with Crippen LogP contribution in [0.1, 0.15) is 5.56 Å². The highest BCUT2D eigenvalue weighted by Gasteiger charge is 2.03. The van der Waals surface area contributed by atoms with Crippen LogP contribution in [0.2, 0.25) is 0 Å². The van der Waals surface area contributed by atoms with Gasteiger partial charge in [-0.1, -0.05) is 23.1 Å². The van der Waals surface area contributed by atoms with Crippen LogP contribution in [0.15, 0.2) is 19.6 Å². The lowest BCUT2D eigenvalue weighted by molar-refractivity contribution is 1.02. The quantitative estimate of drug-likeness (QED) is 0.885. The number of rotatable bonds is 3. The Morgan fingerprint density at radius 2 is 2.36 bits per heavy atom. The molecule has 2 N–H and O–H groups in total. The van der Waals surface area contributed by atoms with Crippen LogP contribution in [0.4, 0.5) is 5.13 Å². The van der Waals surface area contributed by atoms with Crippen LogP contribution < -0.4 is 5.73 Å². The fourth-order valence-electron chi connectivity index (χ4n) is 0.845. The predicted molar refractivity (Wildman–Crippen MR) is 65.9 cm³/mol. The summed E-state index contributed by atoms with van der Waals surface area (Å²) in [4.78, 5) is 0. The van der Waals surface area contributed by atoms with Crippen LogP contribution in [0.25, 0.3) is 0 Å². The van der Waals surface area contributed by atoms with Gasteiger partial charge in [-0.05, 0) is 32.9 Å². The van der Waals surface area contributed by atoms with E-state index in [1.807, 2.05) is 0 Å². The highest BCUT2D eigenvalue weighted by Crippen LogP contribution is 2.29. The minimum atomic E-state index is 0.527. The van der Waals surface area contributed by atoms with Crippen molar-refractivity contribution in [2.75, 3.05) is 5.73 Å². The molecular formula is C7H6BrN3S3. The Morgan fingerprint density at radius 3 is 2.93 bits per heavy atom. The summed E-state index contributed by atoms with van der Waals surface area (Å²) in [5.74, 6) is 0.913. The SMILES string of the molecule is Nc1nnc(SCc2csc(Br)c2)s1. The smallest absolute Gasteiger partial charge is 0.203 e. The fraction of sp³-hybridized carbons (Fsp3) is 0.143. The Morgan fingerprint density at radius 1 is 1.50 bits per heavy atom. The van der Waals surface area contributed by atoms with Crippen molar-refractivity contribution < 1.29 is 0 Å². The van der Waals surface area contributed by atoms with Gasteiger partial charge in [0.1, 0.15) is 0 Å². The molecule has 7 heteroatoms. The molecule has 2 aromatic rings. The average Bonchev–Trinajstić information content (AvgIpc) is 2.72. The molecule has 0 unspecified atom stereocenters. The summed E-state index contributed by atoms with van der Waals surface area (Å²) in [6.45, 7) is 0. The summed E-state index contributed by atoms with van der Waals surface area (Å²) in [5.41, 5.74) is 6.77. The predicted octanol–water partition coefficient (Wildman–Crippen LogP) is 3.24. The Bertz CT molecular complexity index is 385. The lowest BCUT2D eigenvalue weighted by atomic mass is 10.4. The van der Waals surface area contributed by atoms with E-state index in [1.54, 1.807) is 23.1 Å². The third-order valence-corrected chi connectivity index (χ3v) is 4.92. The van der Waals surface area contributed by atoms with Crippen molar-refractivity contribution in [3.63, 3.8) is 0 Å². The highest BCUT2D eigenvalue weighted by atomic mass is 79.9. The molecule has 14 heavy (non-hydrogen) atoms. The van der Waals surface area contributed by atoms with Gasteiger partial charge in [-0.2, -0.15) is 0 Å². The molecule has 74 valence electrons. The third-order valence-electron chi connectivity index (χ3n) is 1.41. The Hall–Kier alpha value is -0.110. The largest absolute Gasteiger partial charge is 0.374 e. The molecule has 2 aromatic heterocycles. The van der Waals surface area contributed by atoms with Gasteiger partial charge in [0.25, 0.3) is 0 Å². The number of aromatic nitrogens is 2. The van der Waals surface area contributed by atoms with Crippen molar-refractivity contribution in [3.05, 3.63) is 20.8 Å². The van der Waals surface area contributed by atoms with Crippen LogP contribution in [0.3, 0.4) is 0 Å². The maximum atomic E-state index is 5.48. The first-order valence-electron chi connectivity index (χ1n) is 3.69. The van der Waals surface area contributed by atoms with Gasteiger partial charge in [-0.3, -0.25) is 0 Å². The van der Waals surface area contributed by atoms with Crippen molar-refractivity contribution in [2.45, 2.75) is 10.1 Å². The monoisotopic (exact) mass is 307 g/mol. The molecule has 0 saturated heterocycles. The van der Waals surface area contributed by atoms with E-state index in [-0.39, 0.29) is 0 Å². The van der Waals surface area contributed by atoms with Gasteiger partial charge in [-0.25, -0.2) is 0 Å². The molecular weight excluding hydrogens is 302 g/mol. The zero-order chi connectivity index (χ0) is 9.97. The summed E-state index contributed by atoms with van der Waals surface area (Å²) < 4.78 is 2.08. The lowest BCUT2D eigenvalue weighted by Crippen LogP contribution is -1.79. The lowest BCUT2D eigenvalue weighted by Gasteiger charge is -1.91. The topological polar surface area (TPSA) is 51.8 Å². The number of hydrogen-bond donors (Lipinski definition) is 1. The molecule has 0 aromatic carbocycles. The van der Waals surface area contributed by atoms with E-state index in [9.17, 15) is 0 Å². The maximum Gasteiger partial charge on any atom is 0.203 e. The highest BCUT2D eigenvalue weighted by molar-refractivity contribution is 9.11. The minimum absolute atomic E-state index is 0.527. The fourth-order valence-corrected chi connectivity index (χ4v) is 3.73. The maximum absolute atomic E-state index is 5.48. The zero-order valence-electron chi connectivity index (χ0n) is 6.94. The van der Waals surface area contributed by atoms with E-state index in [0.29, 0.717) is 5.13 Å². The average molecular weight is 308 g/mol. The number of thiophene rings is 1. The third kappa shape index (κ3) is 2.69. The molecule has 0 radical (unpaired) electrons. The Balaban J connectivity index is 1.94. The van der Waals surface area contributed by atoms with Crippen LogP contribution in [0, 0.1) is 0 Å². The molecule has 0 bridgehead atoms. The Kier molecular flexibility index (Phi) is 3.42. The first kappa shape index (κ1) is 10.4. The van der Waals surface area contributed by atoms with Crippen molar-refractivity contribution in [2.24, 2.45) is 0 Å². The van der Waals surface area contributed by atoms with Crippen molar-refractivity contribution in [1.29, 1.82) is 0 Å². The first-order chi connectivity index (χ1) is 6.74. The molecule has 3 nitrogen and oxygen atoms in total. The van der Waals surface area contributed by atoms with Crippen LogP contribution >= 0.6 is 50.4 Å². The summed E-state index contributed by atoms with van der Waals surface area (Å²) in [7, 11) is 0. The number of hydrogen-bond acceptors (Lipinski definition) is 6. The number of nitrogens with zero attached hydrogens (tertiary/aromatic N) is 2. The van der Waals surface area contributed by atoms with Gasteiger partial charge in [0, 0.05) is 5.75 Å². The molecule has 0 aliphatic carbocycles. The van der Waals surface area contributed by atoms with E-state index in [0.717, 1.165) is 13.9 Å². The van der Waals surface area contributed by atoms with Crippen LogP contribution in [-0.2, 0) is 5.75 Å². The molecule has 0 saturated carbocycles. The van der Waals surface area contributed by atoms with Gasteiger partial charge in [-0.15, -0.1) is 21.5 Å². The number of halogens is 1. The normalized spacial score (nSPS) is 10.6. The van der Waals surface area contributed by atoms with Crippen molar-refractivity contribution in [1.82, 2.24) is 10.2 Å². The number of thioether (sulfide) groups is 1. The Labute approximate surface area is 102 Å². The summed E-state index contributed by atoms with van der Waals surface area (Å²) >= 11 is 8.20. The van der Waals surface area contributed by atoms with Gasteiger partial charge >= 0.3 is 0 Å². The van der Waals surface area contributed by atoms with Crippen LogP contribution in [0.5, 0.6) is 0 Å². The molecule has 0 aliphatic rings. The van der Waals surface area contributed by atoms with Crippen molar-refractivity contribution >= 4 is 55.5 Å². The molecule has 0 aliphatic heterocycles. The van der Waals surface area contributed by atoms with Gasteiger partial charge in [0.05, 0.1) is 3.79 Å². The minimum Gasteiger partial charge on any atom is -0.374 e. The number of anilines is 1. The molecule has 2 rings (SSSR count). The van der Waals surface area contributed by atoms with Gasteiger partial charge in [0.2, 0.25) is 5.13 Å². The molecule has 0 amide bonds.